The molecule has 4 heteroatoms. The Balaban J connectivity index is 2.00. The van der Waals surface area contributed by atoms with E-state index in [0.29, 0.717) is 11.7 Å². The number of furan rings is 1. The molecule has 1 fully saturated rings. The molecule has 1 aliphatic heterocycles. The van der Waals surface area contributed by atoms with Gasteiger partial charge in [-0.15, -0.1) is 0 Å². The van der Waals surface area contributed by atoms with Crippen molar-refractivity contribution in [1.82, 2.24) is 4.90 Å². The Kier molecular flexibility index (Phi) is 3.95. The van der Waals surface area contributed by atoms with Crippen molar-refractivity contribution >= 4 is 15.9 Å². The number of aliphatic hydroxyl groups is 1. The van der Waals surface area contributed by atoms with Crippen molar-refractivity contribution in [2.24, 2.45) is 5.92 Å². The molecular weight excluding hydrogens is 282 g/mol. The van der Waals surface area contributed by atoms with E-state index in [2.05, 4.69) is 34.7 Å². The van der Waals surface area contributed by atoms with Gasteiger partial charge in [-0.25, -0.2) is 0 Å². The van der Waals surface area contributed by atoms with E-state index in [9.17, 15) is 5.11 Å². The number of halogens is 1. The number of piperidine rings is 1. The highest BCUT2D eigenvalue weighted by Crippen LogP contribution is 2.37. The van der Waals surface area contributed by atoms with Gasteiger partial charge in [0, 0.05) is 19.6 Å². The summed E-state index contributed by atoms with van der Waals surface area (Å²) in [6.07, 6.45) is 3.11. The molecule has 1 N–H and O–H groups in total. The molecule has 0 spiro atoms. The summed E-state index contributed by atoms with van der Waals surface area (Å²) in [7, 11) is 0. The predicted octanol–water partition coefficient (Wildman–Crippen LogP) is 2.98. The number of likely N-dealkylation sites (tertiary alicyclic amines) is 1. The molecule has 0 atom stereocenters. The van der Waals surface area contributed by atoms with Crippen molar-refractivity contribution in [3.8, 4) is 0 Å². The molecule has 0 amide bonds. The zero-order chi connectivity index (χ0) is 12.5. The molecule has 1 saturated heterocycles. The maximum absolute atomic E-state index is 10.6. The zero-order valence-electron chi connectivity index (χ0n) is 10.4. The van der Waals surface area contributed by atoms with Crippen LogP contribution < -0.4 is 0 Å². The second kappa shape index (κ2) is 5.12. The Morgan fingerprint density at radius 3 is 2.59 bits per heavy atom. The number of hydrogen-bond acceptors (Lipinski definition) is 3. The van der Waals surface area contributed by atoms with Crippen LogP contribution in [0, 0.1) is 5.92 Å². The van der Waals surface area contributed by atoms with Gasteiger partial charge in [-0.2, -0.15) is 0 Å². The average molecular weight is 302 g/mol. The molecule has 0 aromatic carbocycles. The molecular formula is C13H20BrNO2. The maximum Gasteiger partial charge on any atom is 0.149 e. The van der Waals surface area contributed by atoms with E-state index in [0.717, 1.165) is 36.9 Å². The summed E-state index contributed by atoms with van der Waals surface area (Å²) in [6, 6.07) is 1.84. The van der Waals surface area contributed by atoms with Gasteiger partial charge in [-0.3, -0.25) is 0 Å². The fourth-order valence-electron chi connectivity index (χ4n) is 2.47. The van der Waals surface area contributed by atoms with Crippen molar-refractivity contribution in [1.29, 1.82) is 0 Å². The van der Waals surface area contributed by atoms with Crippen molar-refractivity contribution in [3.05, 3.63) is 22.6 Å². The van der Waals surface area contributed by atoms with E-state index in [4.69, 9.17) is 4.42 Å². The number of nitrogens with zero attached hydrogens (tertiary/aromatic N) is 1. The van der Waals surface area contributed by atoms with Crippen LogP contribution in [0.5, 0.6) is 0 Å². The largest absolute Gasteiger partial charge is 0.465 e. The van der Waals surface area contributed by atoms with Crippen LogP contribution in [-0.2, 0) is 5.60 Å². The highest BCUT2D eigenvalue weighted by molar-refractivity contribution is 9.10. The van der Waals surface area contributed by atoms with Crippen molar-refractivity contribution in [2.75, 3.05) is 19.6 Å². The van der Waals surface area contributed by atoms with Crippen LogP contribution in [-0.4, -0.2) is 29.6 Å². The second-order valence-corrected chi connectivity index (χ2v) is 6.18. The Morgan fingerprint density at radius 2 is 2.12 bits per heavy atom. The van der Waals surface area contributed by atoms with E-state index in [-0.39, 0.29) is 0 Å². The molecule has 0 radical (unpaired) electrons. The van der Waals surface area contributed by atoms with Crippen LogP contribution in [0.25, 0.3) is 0 Å². The lowest BCUT2D eigenvalue weighted by Gasteiger charge is -2.37. The second-order valence-electron chi connectivity index (χ2n) is 5.32. The Morgan fingerprint density at radius 1 is 1.47 bits per heavy atom. The summed E-state index contributed by atoms with van der Waals surface area (Å²) in [4.78, 5) is 2.41. The number of rotatable bonds is 3. The topological polar surface area (TPSA) is 36.6 Å². The summed E-state index contributed by atoms with van der Waals surface area (Å²) >= 11 is 3.43. The first-order valence-electron chi connectivity index (χ1n) is 6.19. The van der Waals surface area contributed by atoms with E-state index >= 15 is 0 Å². The molecule has 17 heavy (non-hydrogen) atoms. The number of hydrogen-bond donors (Lipinski definition) is 1. The third-order valence-electron chi connectivity index (χ3n) is 3.35. The Bertz CT molecular complexity index is 367. The Labute approximate surface area is 111 Å². The monoisotopic (exact) mass is 301 g/mol. The smallest absolute Gasteiger partial charge is 0.149 e. The molecule has 2 rings (SSSR count). The third kappa shape index (κ3) is 2.92. The quantitative estimate of drug-likeness (QED) is 0.932. The van der Waals surface area contributed by atoms with Crippen LogP contribution in [0.4, 0.5) is 0 Å². The SMILES string of the molecule is CC(C)CN1CCC(O)(c2occc2Br)CC1. The van der Waals surface area contributed by atoms with Crippen LogP contribution in [0.15, 0.2) is 21.2 Å². The van der Waals surface area contributed by atoms with Crippen LogP contribution in [0.1, 0.15) is 32.4 Å². The third-order valence-corrected chi connectivity index (χ3v) is 3.97. The van der Waals surface area contributed by atoms with Crippen molar-refractivity contribution in [3.63, 3.8) is 0 Å². The summed E-state index contributed by atoms with van der Waals surface area (Å²) in [5.41, 5.74) is -0.796. The lowest BCUT2D eigenvalue weighted by atomic mass is 9.88. The standard InChI is InChI=1S/C13H20BrNO2/c1-10(2)9-15-6-4-13(16,5-7-15)12-11(14)3-8-17-12/h3,8,10,16H,4-7,9H2,1-2H3. The molecule has 1 aromatic heterocycles. The molecule has 2 heterocycles. The van der Waals surface area contributed by atoms with Gasteiger partial charge < -0.3 is 14.4 Å². The average Bonchev–Trinajstić information content (AvgIpc) is 2.68. The summed E-state index contributed by atoms with van der Waals surface area (Å²) < 4.78 is 6.28. The van der Waals surface area contributed by atoms with Gasteiger partial charge in [0.25, 0.3) is 0 Å². The first-order chi connectivity index (χ1) is 8.01. The molecule has 0 bridgehead atoms. The van der Waals surface area contributed by atoms with Gasteiger partial charge in [0.05, 0.1) is 10.7 Å². The van der Waals surface area contributed by atoms with Crippen molar-refractivity contribution < 1.29 is 9.52 Å². The fraction of sp³-hybridized carbons (Fsp3) is 0.692. The molecule has 0 saturated carbocycles. The van der Waals surface area contributed by atoms with Gasteiger partial charge >= 0.3 is 0 Å². The van der Waals surface area contributed by atoms with Gasteiger partial charge in [0.1, 0.15) is 11.4 Å². The van der Waals surface area contributed by atoms with Gasteiger partial charge in [0.2, 0.25) is 0 Å². The predicted molar refractivity (Wildman–Crippen MR) is 70.8 cm³/mol. The van der Waals surface area contributed by atoms with Gasteiger partial charge in [-0.1, -0.05) is 13.8 Å². The first kappa shape index (κ1) is 13.1. The lowest BCUT2D eigenvalue weighted by molar-refractivity contribution is -0.0444. The molecule has 1 aliphatic rings. The zero-order valence-corrected chi connectivity index (χ0v) is 12.0. The van der Waals surface area contributed by atoms with E-state index in [1.165, 1.54) is 0 Å². The first-order valence-corrected chi connectivity index (χ1v) is 6.99. The highest BCUT2D eigenvalue weighted by atomic mass is 79.9. The molecule has 0 aliphatic carbocycles. The minimum atomic E-state index is -0.796. The van der Waals surface area contributed by atoms with Crippen LogP contribution in [0.2, 0.25) is 0 Å². The van der Waals surface area contributed by atoms with Gasteiger partial charge in [0.15, 0.2) is 0 Å². The van der Waals surface area contributed by atoms with Crippen LogP contribution in [0.3, 0.4) is 0 Å². The summed E-state index contributed by atoms with van der Waals surface area (Å²) in [5.74, 6) is 1.36. The summed E-state index contributed by atoms with van der Waals surface area (Å²) in [6.45, 7) is 7.42. The molecule has 0 unspecified atom stereocenters. The minimum Gasteiger partial charge on any atom is -0.465 e. The van der Waals surface area contributed by atoms with E-state index in [1.54, 1.807) is 6.26 Å². The van der Waals surface area contributed by atoms with E-state index in [1.807, 2.05) is 6.07 Å². The Hall–Kier alpha value is -0.320. The normalized spacial score (nSPS) is 21.0. The van der Waals surface area contributed by atoms with E-state index < -0.39 is 5.60 Å². The van der Waals surface area contributed by atoms with Crippen molar-refractivity contribution in [2.45, 2.75) is 32.3 Å². The lowest BCUT2D eigenvalue weighted by Crippen LogP contribution is -2.43. The fourth-order valence-corrected chi connectivity index (χ4v) is 3.05. The molecule has 96 valence electrons. The minimum absolute atomic E-state index is 0.677. The highest BCUT2D eigenvalue weighted by Gasteiger charge is 2.38. The molecule has 3 nitrogen and oxygen atoms in total. The summed E-state index contributed by atoms with van der Waals surface area (Å²) in [5, 5.41) is 10.6. The van der Waals surface area contributed by atoms with Gasteiger partial charge in [-0.05, 0) is 40.8 Å². The molecule has 1 aromatic rings. The van der Waals surface area contributed by atoms with Crippen LogP contribution >= 0.6 is 15.9 Å². The maximum atomic E-state index is 10.6.